The van der Waals surface area contributed by atoms with E-state index in [-0.39, 0.29) is 6.03 Å². The third-order valence-corrected chi connectivity index (χ3v) is 4.40. The largest absolute Gasteiger partial charge is 0.492 e. The van der Waals surface area contributed by atoms with Gasteiger partial charge in [-0.05, 0) is 45.0 Å². The van der Waals surface area contributed by atoms with Gasteiger partial charge in [0.1, 0.15) is 5.75 Å². The normalized spacial score (nSPS) is 17.6. The summed E-state index contributed by atoms with van der Waals surface area (Å²) in [5, 5.41) is 3.53. The molecule has 0 bridgehead atoms. The number of likely N-dealkylation sites (tertiary alicyclic amines) is 1. The van der Waals surface area contributed by atoms with E-state index < -0.39 is 0 Å². The highest BCUT2D eigenvalue weighted by Gasteiger charge is 2.27. The Kier molecular flexibility index (Phi) is 6.54. The van der Waals surface area contributed by atoms with E-state index in [1.165, 1.54) is 0 Å². The van der Waals surface area contributed by atoms with Crippen molar-refractivity contribution in [3.63, 3.8) is 0 Å². The molecule has 1 aromatic carbocycles. The van der Waals surface area contributed by atoms with Crippen LogP contribution < -0.4 is 10.1 Å². The number of amides is 2. The van der Waals surface area contributed by atoms with Crippen LogP contribution in [0.5, 0.6) is 5.75 Å². The smallest absolute Gasteiger partial charge is 0.321 e. The Labute approximate surface area is 143 Å². The highest BCUT2D eigenvalue weighted by atomic mass is 35.5. The Morgan fingerprint density at radius 1 is 1.48 bits per heavy atom. The molecule has 1 atom stereocenters. The lowest BCUT2D eigenvalue weighted by molar-refractivity contribution is 0.217. The minimum Gasteiger partial charge on any atom is -0.492 e. The van der Waals surface area contributed by atoms with E-state index in [2.05, 4.69) is 24.2 Å². The van der Waals surface area contributed by atoms with Crippen molar-refractivity contribution in [2.24, 2.45) is 5.92 Å². The van der Waals surface area contributed by atoms with Gasteiger partial charge < -0.3 is 19.9 Å². The molecular formula is C17H26ClN3O2. The molecule has 0 saturated carbocycles. The van der Waals surface area contributed by atoms with Crippen LogP contribution in [-0.2, 0) is 0 Å². The van der Waals surface area contributed by atoms with Crippen LogP contribution >= 0.6 is 11.6 Å². The minimum atomic E-state index is -0.0741. The van der Waals surface area contributed by atoms with Crippen LogP contribution in [0.25, 0.3) is 0 Å². The maximum Gasteiger partial charge on any atom is 0.321 e. The zero-order valence-electron chi connectivity index (χ0n) is 14.1. The number of urea groups is 1. The van der Waals surface area contributed by atoms with Crippen LogP contribution in [0.4, 0.5) is 10.5 Å². The lowest BCUT2D eigenvalue weighted by Gasteiger charge is -2.21. The number of hydrogen-bond acceptors (Lipinski definition) is 3. The lowest BCUT2D eigenvalue weighted by atomic mass is 10.1. The van der Waals surface area contributed by atoms with Crippen LogP contribution in [0.15, 0.2) is 18.2 Å². The molecule has 0 aliphatic carbocycles. The summed E-state index contributed by atoms with van der Waals surface area (Å²) in [5.74, 6) is 1.15. The molecule has 5 nitrogen and oxygen atoms in total. The Balaban J connectivity index is 1.95. The van der Waals surface area contributed by atoms with Gasteiger partial charge in [-0.25, -0.2) is 4.79 Å². The fourth-order valence-corrected chi connectivity index (χ4v) is 2.97. The molecule has 1 aliphatic heterocycles. The first-order valence-corrected chi connectivity index (χ1v) is 8.58. The van der Waals surface area contributed by atoms with Crippen LogP contribution in [-0.4, -0.2) is 55.7 Å². The van der Waals surface area contributed by atoms with Crippen molar-refractivity contribution in [3.05, 3.63) is 23.2 Å². The second kappa shape index (κ2) is 8.41. The predicted octanol–water partition coefficient (Wildman–Crippen LogP) is 3.54. The molecule has 1 saturated heterocycles. The summed E-state index contributed by atoms with van der Waals surface area (Å²) < 4.78 is 5.55. The molecule has 2 amide bonds. The average molecular weight is 340 g/mol. The summed E-state index contributed by atoms with van der Waals surface area (Å²) in [4.78, 5) is 16.6. The van der Waals surface area contributed by atoms with E-state index in [0.29, 0.717) is 29.0 Å². The lowest BCUT2D eigenvalue weighted by Crippen LogP contribution is -2.34. The summed E-state index contributed by atoms with van der Waals surface area (Å²) in [6.07, 6.45) is 1.05. The molecule has 1 aromatic rings. The highest BCUT2D eigenvalue weighted by Crippen LogP contribution is 2.29. The fourth-order valence-electron chi connectivity index (χ4n) is 2.80. The van der Waals surface area contributed by atoms with Gasteiger partial charge in [0.05, 0.1) is 12.3 Å². The number of benzene rings is 1. The van der Waals surface area contributed by atoms with Crippen molar-refractivity contribution < 1.29 is 9.53 Å². The molecule has 0 unspecified atom stereocenters. The quantitative estimate of drug-likeness (QED) is 0.862. The summed E-state index contributed by atoms with van der Waals surface area (Å²) >= 11 is 5.99. The Morgan fingerprint density at radius 3 is 2.96 bits per heavy atom. The first-order chi connectivity index (χ1) is 11.0. The molecule has 0 aromatic heterocycles. The first-order valence-electron chi connectivity index (χ1n) is 8.20. The van der Waals surface area contributed by atoms with Gasteiger partial charge >= 0.3 is 6.03 Å². The van der Waals surface area contributed by atoms with Crippen molar-refractivity contribution >= 4 is 23.3 Å². The number of rotatable bonds is 6. The van der Waals surface area contributed by atoms with Gasteiger partial charge in [-0.3, -0.25) is 0 Å². The zero-order valence-corrected chi connectivity index (χ0v) is 14.9. The molecule has 6 heteroatoms. The van der Waals surface area contributed by atoms with Crippen LogP contribution in [0.1, 0.15) is 20.3 Å². The van der Waals surface area contributed by atoms with Gasteiger partial charge in [-0.2, -0.15) is 0 Å². The van der Waals surface area contributed by atoms with Crippen molar-refractivity contribution in [3.8, 4) is 5.75 Å². The number of carbonyl (C=O) groups is 1. The minimum absolute atomic E-state index is 0.0741. The summed E-state index contributed by atoms with van der Waals surface area (Å²) in [5.41, 5.74) is 0.662. The molecule has 0 radical (unpaired) electrons. The maximum atomic E-state index is 12.5. The molecule has 1 heterocycles. The number of carbonyl (C=O) groups excluding carboxylic acids is 1. The first kappa shape index (κ1) is 17.9. The van der Waals surface area contributed by atoms with Crippen LogP contribution in [0, 0.1) is 5.92 Å². The van der Waals surface area contributed by atoms with Crippen LogP contribution in [0.2, 0.25) is 5.02 Å². The third kappa shape index (κ3) is 5.01. The van der Waals surface area contributed by atoms with E-state index in [9.17, 15) is 4.79 Å². The number of hydrogen-bond donors (Lipinski definition) is 1. The molecule has 128 valence electrons. The SMILES string of the molecule is CCOc1cc(Cl)ccc1NC(=O)N1CC[C@@H](CN(C)CC)C1. The summed E-state index contributed by atoms with van der Waals surface area (Å²) in [6, 6.07) is 5.19. The molecule has 1 N–H and O–H groups in total. The van der Waals surface area contributed by atoms with Gasteiger partial charge in [-0.1, -0.05) is 18.5 Å². The number of nitrogens with zero attached hydrogens (tertiary/aromatic N) is 2. The number of anilines is 1. The van der Waals surface area contributed by atoms with Gasteiger partial charge in [-0.15, -0.1) is 0 Å². The Morgan fingerprint density at radius 2 is 2.26 bits per heavy atom. The average Bonchev–Trinajstić information content (AvgIpc) is 2.98. The van der Waals surface area contributed by atoms with E-state index in [0.717, 1.165) is 32.6 Å². The van der Waals surface area contributed by atoms with Crippen molar-refractivity contribution in [2.75, 3.05) is 45.2 Å². The van der Waals surface area contributed by atoms with E-state index in [4.69, 9.17) is 16.3 Å². The molecule has 1 aliphatic rings. The van der Waals surface area contributed by atoms with Gasteiger partial charge in [0.15, 0.2) is 0 Å². The fraction of sp³-hybridized carbons (Fsp3) is 0.588. The summed E-state index contributed by atoms with van der Waals surface area (Å²) in [6.45, 7) is 8.24. The van der Waals surface area contributed by atoms with Crippen molar-refractivity contribution in [1.82, 2.24) is 9.80 Å². The monoisotopic (exact) mass is 339 g/mol. The number of halogens is 1. The molecular weight excluding hydrogens is 314 g/mol. The van der Waals surface area contributed by atoms with E-state index >= 15 is 0 Å². The van der Waals surface area contributed by atoms with E-state index in [1.807, 2.05) is 11.8 Å². The second-order valence-corrected chi connectivity index (χ2v) is 6.40. The van der Waals surface area contributed by atoms with Crippen molar-refractivity contribution in [2.45, 2.75) is 20.3 Å². The Bertz CT molecular complexity index is 539. The topological polar surface area (TPSA) is 44.8 Å². The van der Waals surface area contributed by atoms with Gasteiger partial charge in [0.25, 0.3) is 0 Å². The molecule has 2 rings (SSSR count). The highest BCUT2D eigenvalue weighted by molar-refractivity contribution is 6.30. The van der Waals surface area contributed by atoms with E-state index in [1.54, 1.807) is 18.2 Å². The second-order valence-electron chi connectivity index (χ2n) is 5.96. The maximum absolute atomic E-state index is 12.5. The number of ether oxygens (including phenoxy) is 1. The third-order valence-electron chi connectivity index (χ3n) is 4.17. The van der Waals surface area contributed by atoms with Gasteiger partial charge in [0.2, 0.25) is 0 Å². The van der Waals surface area contributed by atoms with Crippen molar-refractivity contribution in [1.29, 1.82) is 0 Å². The molecule has 0 spiro atoms. The Hall–Kier alpha value is -1.46. The standard InChI is InChI=1S/C17H26ClN3O2/c1-4-20(3)11-13-8-9-21(12-13)17(22)19-15-7-6-14(18)10-16(15)23-5-2/h6-7,10,13H,4-5,8-9,11-12H2,1-3H3,(H,19,22)/t13-/m0/s1. The number of nitrogens with one attached hydrogen (secondary N) is 1. The zero-order chi connectivity index (χ0) is 16.8. The summed E-state index contributed by atoms with van der Waals surface area (Å²) in [7, 11) is 2.12. The molecule has 23 heavy (non-hydrogen) atoms. The van der Waals surface area contributed by atoms with Crippen LogP contribution in [0.3, 0.4) is 0 Å². The molecule has 1 fully saturated rings. The van der Waals surface area contributed by atoms with Gasteiger partial charge in [0, 0.05) is 30.7 Å². The predicted molar refractivity (Wildman–Crippen MR) is 94.5 cm³/mol.